The number of rotatable bonds is 3. The lowest BCUT2D eigenvalue weighted by Crippen LogP contribution is -2.15. The molecule has 0 aromatic rings. The minimum atomic E-state index is -0.170. The molecule has 0 aromatic heterocycles. The van der Waals surface area contributed by atoms with Crippen LogP contribution in [-0.2, 0) is 9.59 Å². The van der Waals surface area contributed by atoms with Crippen LogP contribution >= 0.6 is 0 Å². The molecule has 2 nitrogen and oxygen atoms in total. The van der Waals surface area contributed by atoms with E-state index in [1.807, 2.05) is 0 Å². The van der Waals surface area contributed by atoms with E-state index in [0.29, 0.717) is 6.42 Å². The second-order valence-corrected chi connectivity index (χ2v) is 1.57. The summed E-state index contributed by atoms with van der Waals surface area (Å²) in [5.74, 6) is 0. The second kappa shape index (κ2) is 3.41. The van der Waals surface area contributed by atoms with Gasteiger partial charge in [-0.2, -0.15) is 0 Å². The van der Waals surface area contributed by atoms with E-state index in [0.717, 1.165) is 7.28 Å². The maximum atomic E-state index is 10.3. The molecule has 3 heteroatoms. The third-order valence-corrected chi connectivity index (χ3v) is 0.713. The van der Waals surface area contributed by atoms with Gasteiger partial charge in [0.2, 0.25) is 0 Å². The largest absolute Gasteiger partial charge is 0.312 e. The number of carbonyl (C=O) groups is 2. The highest BCUT2D eigenvalue weighted by atomic mass is 16.1. The molecule has 0 saturated carbocycles. The Morgan fingerprint density at radius 3 is 2.12 bits per heavy atom. The van der Waals surface area contributed by atoms with Gasteiger partial charge in [0.15, 0.2) is 0 Å². The van der Waals surface area contributed by atoms with Gasteiger partial charge in [-0.3, -0.25) is 0 Å². The van der Waals surface area contributed by atoms with Crippen LogP contribution < -0.4 is 0 Å². The first-order valence-corrected chi connectivity index (χ1v) is 2.55. The van der Waals surface area contributed by atoms with E-state index in [1.54, 1.807) is 6.92 Å². The van der Waals surface area contributed by atoms with Crippen molar-refractivity contribution in [3.63, 3.8) is 0 Å². The van der Waals surface area contributed by atoms with E-state index < -0.39 is 0 Å². The summed E-state index contributed by atoms with van der Waals surface area (Å²) in [4.78, 5) is 20.5. The van der Waals surface area contributed by atoms with E-state index in [1.165, 1.54) is 6.92 Å². The summed E-state index contributed by atoms with van der Waals surface area (Å²) in [6.07, 6.45) is 0.416. The fraction of sp³-hybridized carbons (Fsp3) is 0.600. The minimum absolute atomic E-state index is 0.0995. The molecule has 0 heterocycles. The standard InChI is InChI=1S/C5H8BO2/c1-3-5(8)6-4(2)7/h3H2,1-2H3. The lowest BCUT2D eigenvalue weighted by Gasteiger charge is -1.85. The van der Waals surface area contributed by atoms with E-state index in [-0.39, 0.29) is 11.4 Å². The Hall–Kier alpha value is -0.595. The summed E-state index contributed by atoms with van der Waals surface area (Å²) < 4.78 is 0. The fourth-order valence-corrected chi connectivity index (χ4v) is 0.329. The van der Waals surface area contributed by atoms with Gasteiger partial charge in [0, 0.05) is 0 Å². The summed E-state index contributed by atoms with van der Waals surface area (Å²) in [6.45, 7) is 3.09. The lowest BCUT2D eigenvalue weighted by molar-refractivity contribution is -0.114. The zero-order valence-electron chi connectivity index (χ0n) is 5.10. The van der Waals surface area contributed by atoms with Crippen LogP contribution in [0.2, 0.25) is 0 Å². The number of carbonyl (C=O) groups excluding carboxylic acids is 2. The molecule has 1 radical (unpaired) electrons. The molecule has 0 aromatic carbocycles. The van der Waals surface area contributed by atoms with Crippen molar-refractivity contribution < 1.29 is 9.59 Å². The number of hydrogen-bond donors (Lipinski definition) is 0. The molecular formula is C5H8BO2. The molecule has 0 amide bonds. The molecule has 0 aliphatic carbocycles. The van der Waals surface area contributed by atoms with Gasteiger partial charge >= 0.3 is 0 Å². The second-order valence-electron chi connectivity index (χ2n) is 1.57. The zero-order chi connectivity index (χ0) is 6.57. The summed E-state index contributed by atoms with van der Waals surface area (Å²) in [5, 5.41) is 0. The van der Waals surface area contributed by atoms with Crippen LogP contribution in [0, 0.1) is 0 Å². The van der Waals surface area contributed by atoms with E-state index in [4.69, 9.17) is 0 Å². The van der Waals surface area contributed by atoms with Gasteiger partial charge in [0.1, 0.15) is 0 Å². The predicted octanol–water partition coefficient (Wildman–Crippen LogP) is 0.174. The Kier molecular flexibility index (Phi) is 3.16. The maximum absolute atomic E-state index is 10.3. The first kappa shape index (κ1) is 7.40. The van der Waals surface area contributed by atoms with Gasteiger partial charge in [-0.05, 0) is 13.3 Å². The molecular weight excluding hydrogens is 103 g/mol. The van der Waals surface area contributed by atoms with Crippen LogP contribution in [-0.4, -0.2) is 18.6 Å². The van der Waals surface area contributed by atoms with Crippen molar-refractivity contribution in [3.05, 3.63) is 0 Å². The first-order valence-electron chi connectivity index (χ1n) is 2.55. The van der Waals surface area contributed by atoms with Crippen LogP contribution in [0.15, 0.2) is 0 Å². The molecule has 43 valence electrons. The summed E-state index contributed by atoms with van der Waals surface area (Å²) in [7, 11) is 1.11. The van der Waals surface area contributed by atoms with Gasteiger partial charge in [0.05, 0.1) is 11.4 Å². The highest BCUT2D eigenvalue weighted by molar-refractivity contribution is 6.96. The molecule has 0 aliphatic heterocycles. The van der Waals surface area contributed by atoms with Crippen molar-refractivity contribution in [2.45, 2.75) is 20.3 Å². The van der Waals surface area contributed by atoms with Gasteiger partial charge in [0.25, 0.3) is 7.28 Å². The van der Waals surface area contributed by atoms with E-state index in [2.05, 4.69) is 0 Å². The van der Waals surface area contributed by atoms with Crippen LogP contribution in [0.25, 0.3) is 0 Å². The molecule has 0 bridgehead atoms. The van der Waals surface area contributed by atoms with Crippen molar-refractivity contribution in [2.24, 2.45) is 0 Å². The lowest BCUT2D eigenvalue weighted by atomic mass is 9.68. The molecule has 0 N–H and O–H groups in total. The molecule has 0 atom stereocenters. The molecule has 0 unspecified atom stereocenters. The first-order chi connectivity index (χ1) is 3.66. The van der Waals surface area contributed by atoms with Crippen molar-refractivity contribution in [3.8, 4) is 0 Å². The van der Waals surface area contributed by atoms with Crippen LogP contribution in [0.5, 0.6) is 0 Å². The number of hydrogen-bond acceptors (Lipinski definition) is 2. The Labute approximate surface area is 49.5 Å². The van der Waals surface area contributed by atoms with E-state index >= 15 is 0 Å². The molecule has 0 rings (SSSR count). The Morgan fingerprint density at radius 1 is 1.50 bits per heavy atom. The SMILES string of the molecule is CCC(=O)[B]C(C)=O. The van der Waals surface area contributed by atoms with Gasteiger partial charge in [-0.25, -0.2) is 0 Å². The third-order valence-electron chi connectivity index (χ3n) is 0.713. The normalized spacial score (nSPS) is 8.25. The van der Waals surface area contributed by atoms with Crippen molar-refractivity contribution in [2.75, 3.05) is 0 Å². The average Bonchev–Trinajstić information content (AvgIpc) is 1.65. The quantitative estimate of drug-likeness (QED) is 0.486. The maximum Gasteiger partial charge on any atom is 0.290 e. The smallest absolute Gasteiger partial charge is 0.290 e. The summed E-state index contributed by atoms with van der Waals surface area (Å²) in [5.41, 5.74) is -0.269. The van der Waals surface area contributed by atoms with Crippen molar-refractivity contribution in [1.82, 2.24) is 0 Å². The highest BCUT2D eigenvalue weighted by Crippen LogP contribution is 1.77. The van der Waals surface area contributed by atoms with Gasteiger partial charge < -0.3 is 9.59 Å². The molecule has 8 heavy (non-hydrogen) atoms. The highest BCUT2D eigenvalue weighted by Gasteiger charge is 2.03. The Morgan fingerprint density at radius 2 is 2.00 bits per heavy atom. The van der Waals surface area contributed by atoms with E-state index in [9.17, 15) is 9.59 Å². The topological polar surface area (TPSA) is 34.1 Å². The minimum Gasteiger partial charge on any atom is -0.312 e. The summed E-state index contributed by atoms with van der Waals surface area (Å²) >= 11 is 0. The van der Waals surface area contributed by atoms with Crippen molar-refractivity contribution >= 4 is 18.6 Å². The molecule has 0 saturated heterocycles. The fourth-order valence-electron chi connectivity index (χ4n) is 0.329. The molecule has 0 fully saturated rings. The average molecular weight is 111 g/mol. The third kappa shape index (κ3) is 3.59. The van der Waals surface area contributed by atoms with Crippen molar-refractivity contribution in [1.29, 1.82) is 0 Å². The summed E-state index contributed by atoms with van der Waals surface area (Å²) in [6, 6.07) is 0. The van der Waals surface area contributed by atoms with Crippen LogP contribution in [0.3, 0.4) is 0 Å². The van der Waals surface area contributed by atoms with Gasteiger partial charge in [-0.1, -0.05) is 6.92 Å². The molecule has 0 spiro atoms. The van der Waals surface area contributed by atoms with Gasteiger partial charge in [-0.15, -0.1) is 0 Å². The monoisotopic (exact) mass is 111 g/mol. The Balaban J connectivity index is 3.40. The van der Waals surface area contributed by atoms with Crippen LogP contribution in [0.1, 0.15) is 20.3 Å². The zero-order valence-corrected chi connectivity index (χ0v) is 5.10. The molecule has 0 aliphatic rings. The van der Waals surface area contributed by atoms with Crippen LogP contribution in [0.4, 0.5) is 0 Å². The predicted molar refractivity (Wildman–Crippen MR) is 31.7 cm³/mol. The Bertz CT molecular complexity index is 109.